The van der Waals surface area contributed by atoms with Crippen LogP contribution in [0.1, 0.15) is 17.2 Å². The molecule has 1 atom stereocenters. The van der Waals surface area contributed by atoms with Crippen molar-refractivity contribution in [1.82, 2.24) is 0 Å². The zero-order chi connectivity index (χ0) is 15.4. The molecule has 0 saturated carbocycles. The molecule has 0 amide bonds. The summed E-state index contributed by atoms with van der Waals surface area (Å²) in [6.07, 6.45) is -1.34. The van der Waals surface area contributed by atoms with Gasteiger partial charge in [0, 0.05) is 12.1 Å². The predicted molar refractivity (Wildman–Crippen MR) is 70.9 cm³/mol. The molecule has 0 aliphatic rings. The lowest BCUT2D eigenvalue weighted by Crippen LogP contribution is -2.14. The minimum atomic E-state index is -1.34. The Morgan fingerprint density at radius 2 is 1.86 bits per heavy atom. The molecule has 0 aliphatic carbocycles. The monoisotopic (exact) mass is 292 g/mol. The second-order valence-electron chi connectivity index (χ2n) is 4.37. The molecule has 2 aromatic rings. The molecule has 0 heterocycles. The van der Waals surface area contributed by atoms with E-state index in [9.17, 15) is 18.3 Å². The van der Waals surface area contributed by atoms with Crippen LogP contribution in [0.3, 0.4) is 0 Å². The van der Waals surface area contributed by atoms with Gasteiger partial charge in [0.25, 0.3) is 0 Å². The van der Waals surface area contributed by atoms with E-state index in [0.717, 1.165) is 24.3 Å². The minimum Gasteiger partial charge on any atom is -0.386 e. The molecule has 0 aliphatic heterocycles. The van der Waals surface area contributed by atoms with Crippen molar-refractivity contribution in [3.8, 4) is 6.07 Å². The van der Waals surface area contributed by atoms with E-state index in [-0.39, 0.29) is 23.4 Å². The normalized spacial score (nSPS) is 11.8. The van der Waals surface area contributed by atoms with Crippen LogP contribution in [0, 0.1) is 28.8 Å². The third-order valence-corrected chi connectivity index (χ3v) is 2.90. The number of aliphatic hydroxyl groups excluding tert-OH is 1. The number of nitrogens with one attached hydrogen (secondary N) is 1. The predicted octanol–water partition coefficient (Wildman–Crippen LogP) is 3.12. The fourth-order valence-corrected chi connectivity index (χ4v) is 1.81. The van der Waals surface area contributed by atoms with Gasteiger partial charge in [0.1, 0.15) is 17.5 Å². The Morgan fingerprint density at radius 3 is 2.52 bits per heavy atom. The van der Waals surface area contributed by atoms with Gasteiger partial charge in [-0.1, -0.05) is 0 Å². The van der Waals surface area contributed by atoms with E-state index < -0.39 is 23.6 Å². The highest BCUT2D eigenvalue weighted by atomic mass is 19.1. The zero-order valence-corrected chi connectivity index (χ0v) is 10.8. The summed E-state index contributed by atoms with van der Waals surface area (Å²) >= 11 is 0. The van der Waals surface area contributed by atoms with Crippen molar-refractivity contribution in [3.63, 3.8) is 0 Å². The fourth-order valence-electron chi connectivity index (χ4n) is 1.81. The minimum absolute atomic E-state index is 0.0601. The lowest BCUT2D eigenvalue weighted by Gasteiger charge is -2.14. The molecule has 2 aromatic carbocycles. The summed E-state index contributed by atoms with van der Waals surface area (Å²) in [7, 11) is 0. The lowest BCUT2D eigenvalue weighted by molar-refractivity contribution is 0.186. The summed E-state index contributed by atoms with van der Waals surface area (Å²) in [4.78, 5) is 0. The quantitative estimate of drug-likeness (QED) is 0.910. The van der Waals surface area contributed by atoms with Gasteiger partial charge in [-0.05, 0) is 36.4 Å². The maximum absolute atomic E-state index is 13.6. The van der Waals surface area contributed by atoms with Crippen LogP contribution in [0.25, 0.3) is 0 Å². The van der Waals surface area contributed by atoms with Crippen molar-refractivity contribution in [2.24, 2.45) is 0 Å². The smallest absolute Gasteiger partial charge is 0.147 e. The molecular formula is C15H11F3N2O. The zero-order valence-electron chi connectivity index (χ0n) is 10.8. The van der Waals surface area contributed by atoms with Crippen LogP contribution in [-0.2, 0) is 0 Å². The molecule has 0 radical (unpaired) electrons. The van der Waals surface area contributed by atoms with E-state index in [1.54, 1.807) is 6.07 Å². The van der Waals surface area contributed by atoms with Crippen molar-refractivity contribution >= 4 is 5.69 Å². The number of nitrogens with zero attached hydrogens (tertiary/aromatic N) is 1. The standard InChI is InChI=1S/C15H11F3N2O/c16-10-2-3-12(17)11(6-10)15(21)8-20-14-4-1-9(7-19)5-13(14)18/h1-6,15,20-21H,8H2. The second-order valence-corrected chi connectivity index (χ2v) is 4.37. The highest BCUT2D eigenvalue weighted by Gasteiger charge is 2.14. The molecule has 0 fully saturated rings. The van der Waals surface area contributed by atoms with E-state index in [1.165, 1.54) is 12.1 Å². The maximum atomic E-state index is 13.6. The van der Waals surface area contributed by atoms with Crippen LogP contribution in [-0.4, -0.2) is 11.7 Å². The molecular weight excluding hydrogens is 281 g/mol. The molecule has 1 unspecified atom stereocenters. The highest BCUT2D eigenvalue weighted by Crippen LogP contribution is 2.21. The van der Waals surface area contributed by atoms with Crippen molar-refractivity contribution in [1.29, 1.82) is 5.26 Å². The molecule has 0 spiro atoms. The Kier molecular flexibility index (Phi) is 4.45. The Morgan fingerprint density at radius 1 is 1.10 bits per heavy atom. The second kappa shape index (κ2) is 6.29. The van der Waals surface area contributed by atoms with E-state index in [1.807, 2.05) is 0 Å². The summed E-state index contributed by atoms with van der Waals surface area (Å²) in [5.41, 5.74) is 0.0104. The van der Waals surface area contributed by atoms with E-state index >= 15 is 0 Å². The van der Waals surface area contributed by atoms with E-state index in [4.69, 9.17) is 5.26 Å². The van der Waals surface area contributed by atoms with Gasteiger partial charge in [0.2, 0.25) is 0 Å². The first-order chi connectivity index (χ1) is 10.0. The molecule has 2 N–H and O–H groups in total. The summed E-state index contributed by atoms with van der Waals surface area (Å²) in [6.45, 7) is -0.205. The number of halogens is 3. The number of hydrogen-bond donors (Lipinski definition) is 2. The van der Waals surface area contributed by atoms with E-state index in [2.05, 4.69) is 5.32 Å². The number of benzene rings is 2. The van der Waals surface area contributed by atoms with Crippen LogP contribution in [0.5, 0.6) is 0 Å². The highest BCUT2D eigenvalue weighted by molar-refractivity contribution is 5.49. The summed E-state index contributed by atoms with van der Waals surface area (Å²) in [5.74, 6) is -2.08. The number of hydrogen-bond acceptors (Lipinski definition) is 3. The molecule has 0 bridgehead atoms. The van der Waals surface area contributed by atoms with Gasteiger partial charge in [-0.3, -0.25) is 0 Å². The topological polar surface area (TPSA) is 56.0 Å². The van der Waals surface area contributed by atoms with Crippen molar-refractivity contribution in [2.45, 2.75) is 6.10 Å². The molecule has 0 aromatic heterocycles. The van der Waals surface area contributed by atoms with Crippen LogP contribution in [0.4, 0.5) is 18.9 Å². The van der Waals surface area contributed by atoms with Gasteiger partial charge in [-0.15, -0.1) is 0 Å². The van der Waals surface area contributed by atoms with Gasteiger partial charge in [-0.2, -0.15) is 5.26 Å². The molecule has 0 saturated heterocycles. The fraction of sp³-hybridized carbons (Fsp3) is 0.133. The Balaban J connectivity index is 2.09. The average molecular weight is 292 g/mol. The van der Waals surface area contributed by atoms with Gasteiger partial charge in [0.15, 0.2) is 0 Å². The largest absolute Gasteiger partial charge is 0.386 e. The first kappa shape index (κ1) is 14.9. The molecule has 108 valence electrons. The van der Waals surface area contributed by atoms with E-state index in [0.29, 0.717) is 0 Å². The summed E-state index contributed by atoms with van der Waals surface area (Å²) < 4.78 is 40.1. The van der Waals surface area contributed by atoms with Gasteiger partial charge >= 0.3 is 0 Å². The molecule has 3 nitrogen and oxygen atoms in total. The SMILES string of the molecule is N#Cc1ccc(NCC(O)c2cc(F)ccc2F)c(F)c1. The number of anilines is 1. The van der Waals surface area contributed by atoms with Gasteiger partial charge < -0.3 is 10.4 Å². The number of nitriles is 1. The van der Waals surface area contributed by atoms with Crippen LogP contribution < -0.4 is 5.32 Å². The lowest BCUT2D eigenvalue weighted by atomic mass is 10.1. The van der Waals surface area contributed by atoms with Crippen molar-refractivity contribution < 1.29 is 18.3 Å². The van der Waals surface area contributed by atoms with Crippen molar-refractivity contribution in [2.75, 3.05) is 11.9 Å². The van der Waals surface area contributed by atoms with Crippen LogP contribution in [0.15, 0.2) is 36.4 Å². The Hall–Kier alpha value is -2.52. The number of rotatable bonds is 4. The van der Waals surface area contributed by atoms with Gasteiger partial charge in [0.05, 0.1) is 23.4 Å². The third-order valence-electron chi connectivity index (χ3n) is 2.90. The maximum Gasteiger partial charge on any atom is 0.147 e. The molecule has 21 heavy (non-hydrogen) atoms. The average Bonchev–Trinajstić information content (AvgIpc) is 2.48. The summed E-state index contributed by atoms with van der Waals surface area (Å²) in [5, 5.41) is 21.0. The number of aliphatic hydroxyl groups is 1. The van der Waals surface area contributed by atoms with Crippen LogP contribution >= 0.6 is 0 Å². The van der Waals surface area contributed by atoms with Gasteiger partial charge in [-0.25, -0.2) is 13.2 Å². The molecule has 6 heteroatoms. The molecule has 2 rings (SSSR count). The first-order valence-corrected chi connectivity index (χ1v) is 6.08. The summed E-state index contributed by atoms with van der Waals surface area (Å²) in [6, 6.07) is 8.31. The van der Waals surface area contributed by atoms with Crippen LogP contribution in [0.2, 0.25) is 0 Å². The first-order valence-electron chi connectivity index (χ1n) is 6.08. The third kappa shape index (κ3) is 3.52. The Bertz CT molecular complexity index is 698. The van der Waals surface area contributed by atoms with Crippen molar-refractivity contribution in [3.05, 3.63) is 65.0 Å². The Labute approximate surface area is 119 Å².